The molecule has 0 aliphatic carbocycles. The second-order valence-corrected chi connectivity index (χ2v) is 7.85. The fourth-order valence-electron chi connectivity index (χ4n) is 3.03. The normalized spacial score (nSPS) is 16.6. The van der Waals surface area contributed by atoms with Crippen molar-refractivity contribution in [1.82, 2.24) is 5.32 Å². The van der Waals surface area contributed by atoms with E-state index in [-0.39, 0.29) is 17.9 Å². The van der Waals surface area contributed by atoms with E-state index in [0.29, 0.717) is 17.9 Å². The second-order valence-electron chi connectivity index (χ2n) is 7.85. The van der Waals surface area contributed by atoms with E-state index in [0.717, 1.165) is 5.69 Å². The van der Waals surface area contributed by atoms with Crippen molar-refractivity contribution in [2.75, 3.05) is 25.1 Å². The molecule has 0 spiro atoms. The van der Waals surface area contributed by atoms with Crippen molar-refractivity contribution in [1.29, 1.82) is 0 Å². The third-order valence-corrected chi connectivity index (χ3v) is 4.76. The summed E-state index contributed by atoms with van der Waals surface area (Å²) in [5, 5.41) is 2.82. The summed E-state index contributed by atoms with van der Waals surface area (Å²) < 4.78 is 10.5. The first-order valence-corrected chi connectivity index (χ1v) is 9.29. The van der Waals surface area contributed by atoms with Crippen molar-refractivity contribution in [2.24, 2.45) is 0 Å². The number of cyclic esters (lactones) is 1. The lowest BCUT2D eigenvalue weighted by molar-refractivity contribution is 0.0916. The molecular formula is C22H26N2O4. The van der Waals surface area contributed by atoms with Crippen LogP contribution in [0, 0.1) is 0 Å². The minimum atomic E-state index is -0.396. The van der Waals surface area contributed by atoms with Gasteiger partial charge in [-0.15, -0.1) is 0 Å². The van der Waals surface area contributed by atoms with Crippen LogP contribution in [0.3, 0.4) is 0 Å². The van der Waals surface area contributed by atoms with Gasteiger partial charge in [0.2, 0.25) is 0 Å². The molecule has 0 bridgehead atoms. The zero-order chi connectivity index (χ0) is 20.3. The highest BCUT2D eigenvalue weighted by atomic mass is 16.6. The Morgan fingerprint density at radius 1 is 1.14 bits per heavy atom. The van der Waals surface area contributed by atoms with Gasteiger partial charge in [0.05, 0.1) is 20.2 Å². The predicted octanol–water partition coefficient (Wildman–Crippen LogP) is 3.75. The maximum atomic E-state index is 12.3. The fraction of sp³-hybridized carbons (Fsp3) is 0.364. The standard InChI is InChI=1S/C22H26N2O4/c1-22(2,3)16-7-9-17(10-8-16)24-14-19(28-21(24)26)13-23-20(25)15-5-11-18(27-4)12-6-15/h5-12,19H,13-14H2,1-4H3,(H,23,25). The van der Waals surface area contributed by atoms with Gasteiger partial charge in [0.25, 0.3) is 5.91 Å². The molecule has 1 aliphatic rings. The van der Waals surface area contributed by atoms with Crippen LogP contribution in [0.25, 0.3) is 0 Å². The number of hydrogen-bond acceptors (Lipinski definition) is 4. The van der Waals surface area contributed by atoms with Gasteiger partial charge in [0.15, 0.2) is 0 Å². The molecular weight excluding hydrogens is 356 g/mol. The Hall–Kier alpha value is -3.02. The molecule has 0 aromatic heterocycles. The number of nitrogens with one attached hydrogen (secondary N) is 1. The third kappa shape index (κ3) is 4.44. The van der Waals surface area contributed by atoms with Crippen molar-refractivity contribution < 1.29 is 19.1 Å². The van der Waals surface area contributed by atoms with E-state index in [2.05, 4.69) is 26.1 Å². The lowest BCUT2D eigenvalue weighted by Gasteiger charge is -2.20. The summed E-state index contributed by atoms with van der Waals surface area (Å²) in [4.78, 5) is 26.1. The van der Waals surface area contributed by atoms with E-state index < -0.39 is 12.2 Å². The maximum Gasteiger partial charge on any atom is 0.414 e. The van der Waals surface area contributed by atoms with Crippen LogP contribution in [0.15, 0.2) is 48.5 Å². The topological polar surface area (TPSA) is 67.9 Å². The van der Waals surface area contributed by atoms with Crippen LogP contribution >= 0.6 is 0 Å². The number of anilines is 1. The van der Waals surface area contributed by atoms with Gasteiger partial charge in [-0.05, 0) is 47.4 Å². The van der Waals surface area contributed by atoms with Crippen LogP contribution in [-0.2, 0) is 10.2 Å². The molecule has 3 rings (SSSR count). The number of benzene rings is 2. The zero-order valence-electron chi connectivity index (χ0n) is 16.7. The molecule has 1 heterocycles. The molecule has 1 unspecified atom stereocenters. The molecule has 1 atom stereocenters. The van der Waals surface area contributed by atoms with E-state index in [4.69, 9.17) is 9.47 Å². The molecule has 1 N–H and O–H groups in total. The van der Waals surface area contributed by atoms with Crippen LogP contribution in [0.4, 0.5) is 10.5 Å². The molecule has 1 fully saturated rings. The largest absolute Gasteiger partial charge is 0.497 e. The molecule has 0 radical (unpaired) electrons. The summed E-state index contributed by atoms with van der Waals surface area (Å²) in [5.74, 6) is 0.473. The first-order chi connectivity index (χ1) is 13.3. The average molecular weight is 382 g/mol. The van der Waals surface area contributed by atoms with Gasteiger partial charge in [0, 0.05) is 11.3 Å². The Labute approximate surface area is 165 Å². The van der Waals surface area contributed by atoms with E-state index in [1.54, 1.807) is 36.3 Å². The molecule has 6 nitrogen and oxygen atoms in total. The number of nitrogens with zero attached hydrogens (tertiary/aromatic N) is 1. The first kappa shape index (κ1) is 19.7. The van der Waals surface area contributed by atoms with E-state index in [9.17, 15) is 9.59 Å². The smallest absolute Gasteiger partial charge is 0.414 e. The lowest BCUT2D eigenvalue weighted by Crippen LogP contribution is -2.34. The number of hydrogen-bond donors (Lipinski definition) is 1. The van der Waals surface area contributed by atoms with Gasteiger partial charge in [0.1, 0.15) is 11.9 Å². The molecule has 148 valence electrons. The Morgan fingerprint density at radius 3 is 2.36 bits per heavy atom. The summed E-state index contributed by atoms with van der Waals surface area (Å²) in [5.41, 5.74) is 2.58. The minimum absolute atomic E-state index is 0.0539. The van der Waals surface area contributed by atoms with Gasteiger partial charge in [-0.3, -0.25) is 9.69 Å². The van der Waals surface area contributed by atoms with Crippen molar-refractivity contribution in [3.63, 3.8) is 0 Å². The molecule has 2 aromatic carbocycles. The summed E-state index contributed by atoms with van der Waals surface area (Å²) in [6.07, 6.45) is -0.788. The van der Waals surface area contributed by atoms with Gasteiger partial charge < -0.3 is 14.8 Å². The number of carbonyl (C=O) groups is 2. The summed E-state index contributed by atoms with van der Waals surface area (Å²) in [6.45, 7) is 7.10. The maximum absolute atomic E-state index is 12.3. The molecule has 6 heteroatoms. The van der Waals surface area contributed by atoms with Crippen molar-refractivity contribution in [3.05, 3.63) is 59.7 Å². The van der Waals surface area contributed by atoms with Crippen molar-refractivity contribution >= 4 is 17.7 Å². The second kappa shape index (κ2) is 7.92. The van der Waals surface area contributed by atoms with Gasteiger partial charge in [-0.25, -0.2) is 4.79 Å². The summed E-state index contributed by atoms with van der Waals surface area (Å²) >= 11 is 0. The highest BCUT2D eigenvalue weighted by Crippen LogP contribution is 2.27. The first-order valence-electron chi connectivity index (χ1n) is 9.29. The van der Waals surface area contributed by atoms with E-state index in [1.165, 1.54) is 5.56 Å². The quantitative estimate of drug-likeness (QED) is 0.855. The minimum Gasteiger partial charge on any atom is -0.497 e. The molecule has 1 saturated heterocycles. The molecule has 28 heavy (non-hydrogen) atoms. The molecule has 2 aromatic rings. The number of methoxy groups -OCH3 is 1. The summed E-state index contributed by atoms with van der Waals surface area (Å²) in [7, 11) is 1.58. The Morgan fingerprint density at radius 2 is 1.79 bits per heavy atom. The number of ether oxygens (including phenoxy) is 2. The molecule has 2 amide bonds. The van der Waals surface area contributed by atoms with E-state index >= 15 is 0 Å². The molecule has 1 aliphatic heterocycles. The van der Waals surface area contributed by atoms with Gasteiger partial charge in [-0.1, -0.05) is 32.9 Å². The van der Waals surface area contributed by atoms with Gasteiger partial charge >= 0.3 is 6.09 Å². The van der Waals surface area contributed by atoms with Crippen molar-refractivity contribution in [3.8, 4) is 5.75 Å². The van der Waals surface area contributed by atoms with Crippen LogP contribution < -0.4 is 15.0 Å². The lowest BCUT2D eigenvalue weighted by atomic mass is 9.87. The van der Waals surface area contributed by atoms with Gasteiger partial charge in [-0.2, -0.15) is 0 Å². The van der Waals surface area contributed by atoms with Crippen LogP contribution in [-0.4, -0.2) is 38.3 Å². The monoisotopic (exact) mass is 382 g/mol. The Kier molecular flexibility index (Phi) is 5.58. The van der Waals surface area contributed by atoms with Crippen LogP contribution in [0.5, 0.6) is 5.75 Å². The van der Waals surface area contributed by atoms with Crippen LogP contribution in [0.1, 0.15) is 36.7 Å². The molecule has 0 saturated carbocycles. The fourth-order valence-corrected chi connectivity index (χ4v) is 3.03. The number of carbonyl (C=O) groups excluding carboxylic acids is 2. The number of amides is 2. The Balaban J connectivity index is 1.57. The predicted molar refractivity (Wildman–Crippen MR) is 108 cm³/mol. The van der Waals surface area contributed by atoms with Crippen molar-refractivity contribution in [2.45, 2.75) is 32.3 Å². The highest BCUT2D eigenvalue weighted by Gasteiger charge is 2.32. The summed E-state index contributed by atoms with van der Waals surface area (Å²) in [6, 6.07) is 14.8. The SMILES string of the molecule is COc1ccc(C(=O)NCC2CN(c3ccc(C(C)(C)C)cc3)C(=O)O2)cc1. The third-order valence-electron chi connectivity index (χ3n) is 4.76. The van der Waals surface area contributed by atoms with Crippen LogP contribution in [0.2, 0.25) is 0 Å². The average Bonchev–Trinajstić information content (AvgIpc) is 3.06. The highest BCUT2D eigenvalue weighted by molar-refractivity contribution is 5.94. The van der Waals surface area contributed by atoms with E-state index in [1.807, 2.05) is 24.3 Å². The number of rotatable bonds is 5. The zero-order valence-corrected chi connectivity index (χ0v) is 16.7. The Bertz CT molecular complexity index is 838.